The number of rotatable bonds is 4. The molecule has 0 aliphatic rings. The zero-order chi connectivity index (χ0) is 16.1. The Bertz CT molecular complexity index is 725. The van der Waals surface area contributed by atoms with Crippen LogP contribution in [0.4, 0.5) is 0 Å². The molecule has 0 atom stereocenters. The third-order valence-corrected chi connectivity index (χ3v) is 3.58. The fraction of sp³-hybridized carbons (Fsp3) is 0. The quantitative estimate of drug-likeness (QED) is 0.800. The van der Waals surface area contributed by atoms with Crippen LogP contribution in [0.15, 0.2) is 58.7 Å². The second-order valence-corrected chi connectivity index (χ2v) is 5.79. The third kappa shape index (κ3) is 4.44. The monoisotopic (exact) mass is 378 g/mol. The van der Waals surface area contributed by atoms with E-state index >= 15 is 0 Å². The minimum atomic E-state index is -0.722. The minimum Gasteiger partial charge on any atom is -0.364 e. The van der Waals surface area contributed by atoms with Crippen molar-refractivity contribution >= 4 is 45.4 Å². The first-order chi connectivity index (χ1) is 10.5. The van der Waals surface area contributed by atoms with Crippen LogP contribution < -0.4 is 11.1 Å². The maximum Gasteiger partial charge on any atom is 0.265 e. The van der Waals surface area contributed by atoms with E-state index in [4.69, 9.17) is 17.3 Å². The Hall–Kier alpha value is -2.11. The molecular formula is C16H12BrClN2O2. The highest BCUT2D eigenvalue weighted by atomic mass is 79.9. The van der Waals surface area contributed by atoms with Gasteiger partial charge in [-0.3, -0.25) is 9.59 Å². The molecule has 0 fully saturated rings. The molecule has 2 aromatic carbocycles. The highest BCUT2D eigenvalue weighted by Crippen LogP contribution is 2.13. The molecule has 2 aromatic rings. The van der Waals surface area contributed by atoms with Crippen LogP contribution in [0.25, 0.3) is 6.08 Å². The molecule has 2 rings (SSSR count). The summed E-state index contributed by atoms with van der Waals surface area (Å²) in [6.07, 6.45) is 1.50. The first kappa shape index (κ1) is 16.3. The van der Waals surface area contributed by atoms with Gasteiger partial charge in [0, 0.05) is 15.1 Å². The molecule has 3 N–H and O–H groups in total. The summed E-state index contributed by atoms with van der Waals surface area (Å²) in [6, 6.07) is 13.6. The maximum absolute atomic E-state index is 12.1. The molecule has 0 heterocycles. The lowest BCUT2D eigenvalue weighted by Crippen LogP contribution is -2.31. The SMILES string of the molecule is NC(=O)/C(=C\c1ccc(Cl)cc1)NC(=O)c1ccc(Br)cc1. The van der Waals surface area contributed by atoms with Crippen LogP contribution in [0.1, 0.15) is 15.9 Å². The Morgan fingerprint density at radius 1 is 1.05 bits per heavy atom. The molecule has 0 radical (unpaired) electrons. The summed E-state index contributed by atoms with van der Waals surface area (Å²) in [5.41, 5.74) is 6.44. The van der Waals surface area contributed by atoms with Crippen molar-refractivity contribution in [1.29, 1.82) is 0 Å². The predicted octanol–water partition coefficient (Wildman–Crippen LogP) is 3.36. The van der Waals surface area contributed by atoms with Crippen LogP contribution in [0.2, 0.25) is 5.02 Å². The van der Waals surface area contributed by atoms with Gasteiger partial charge in [-0.2, -0.15) is 0 Å². The number of halogens is 2. The summed E-state index contributed by atoms with van der Waals surface area (Å²) in [4.78, 5) is 23.6. The fourth-order valence-electron chi connectivity index (χ4n) is 1.69. The summed E-state index contributed by atoms with van der Waals surface area (Å²) < 4.78 is 0.857. The topological polar surface area (TPSA) is 72.2 Å². The molecule has 0 aromatic heterocycles. The number of hydrogen-bond acceptors (Lipinski definition) is 2. The largest absolute Gasteiger partial charge is 0.364 e. The molecule has 2 amide bonds. The van der Waals surface area contributed by atoms with Gasteiger partial charge in [-0.1, -0.05) is 39.7 Å². The standard InChI is InChI=1S/C16H12BrClN2O2/c17-12-5-3-11(4-6-12)16(22)20-14(15(19)21)9-10-1-7-13(18)8-2-10/h1-9H,(H2,19,21)(H,20,22)/b14-9+. The summed E-state index contributed by atoms with van der Waals surface area (Å²) in [7, 11) is 0. The van der Waals surface area contributed by atoms with Gasteiger partial charge in [0.25, 0.3) is 11.8 Å². The zero-order valence-electron chi connectivity index (χ0n) is 11.3. The molecular weight excluding hydrogens is 368 g/mol. The van der Waals surface area contributed by atoms with Gasteiger partial charge in [-0.05, 0) is 48.0 Å². The Kier molecular flexibility index (Phi) is 5.35. The van der Waals surface area contributed by atoms with Gasteiger partial charge < -0.3 is 11.1 Å². The number of primary amides is 1. The van der Waals surface area contributed by atoms with E-state index in [0.29, 0.717) is 16.1 Å². The summed E-state index contributed by atoms with van der Waals surface area (Å²) >= 11 is 9.09. The van der Waals surface area contributed by atoms with E-state index in [9.17, 15) is 9.59 Å². The Labute approximate surface area is 141 Å². The van der Waals surface area contributed by atoms with Crippen molar-refractivity contribution in [2.75, 3.05) is 0 Å². The molecule has 22 heavy (non-hydrogen) atoms. The van der Waals surface area contributed by atoms with Crippen LogP contribution >= 0.6 is 27.5 Å². The van der Waals surface area contributed by atoms with Crippen molar-refractivity contribution in [1.82, 2.24) is 5.32 Å². The molecule has 0 saturated carbocycles. The van der Waals surface area contributed by atoms with Crippen molar-refractivity contribution in [2.24, 2.45) is 5.73 Å². The van der Waals surface area contributed by atoms with Crippen molar-refractivity contribution in [3.05, 3.63) is 74.9 Å². The van der Waals surface area contributed by atoms with Crippen LogP contribution in [0.3, 0.4) is 0 Å². The Morgan fingerprint density at radius 3 is 2.18 bits per heavy atom. The molecule has 0 aliphatic heterocycles. The van der Waals surface area contributed by atoms with Gasteiger partial charge in [0.1, 0.15) is 5.70 Å². The van der Waals surface area contributed by atoms with E-state index in [2.05, 4.69) is 21.2 Å². The first-order valence-corrected chi connectivity index (χ1v) is 7.47. The van der Waals surface area contributed by atoms with Crippen LogP contribution in [0, 0.1) is 0 Å². The fourth-order valence-corrected chi connectivity index (χ4v) is 2.08. The van der Waals surface area contributed by atoms with Crippen LogP contribution in [-0.4, -0.2) is 11.8 Å². The molecule has 4 nitrogen and oxygen atoms in total. The maximum atomic E-state index is 12.1. The molecule has 0 unspecified atom stereocenters. The van der Waals surface area contributed by atoms with Gasteiger partial charge in [0.2, 0.25) is 0 Å². The second kappa shape index (κ2) is 7.24. The summed E-state index contributed by atoms with van der Waals surface area (Å²) in [5.74, 6) is -1.13. The number of benzene rings is 2. The smallest absolute Gasteiger partial charge is 0.265 e. The minimum absolute atomic E-state index is 0.00948. The molecule has 0 aliphatic carbocycles. The Morgan fingerprint density at radius 2 is 1.64 bits per heavy atom. The zero-order valence-corrected chi connectivity index (χ0v) is 13.7. The molecule has 6 heteroatoms. The van der Waals surface area contributed by atoms with Crippen molar-refractivity contribution in [3.8, 4) is 0 Å². The number of carbonyl (C=O) groups excluding carboxylic acids is 2. The molecule has 112 valence electrons. The molecule has 0 saturated heterocycles. The van der Waals surface area contributed by atoms with Gasteiger partial charge >= 0.3 is 0 Å². The second-order valence-electron chi connectivity index (χ2n) is 4.43. The highest BCUT2D eigenvalue weighted by Gasteiger charge is 2.11. The highest BCUT2D eigenvalue weighted by molar-refractivity contribution is 9.10. The first-order valence-electron chi connectivity index (χ1n) is 6.29. The summed E-state index contributed by atoms with van der Waals surface area (Å²) in [5, 5.41) is 3.09. The van der Waals surface area contributed by atoms with Crippen molar-refractivity contribution < 1.29 is 9.59 Å². The lowest BCUT2D eigenvalue weighted by atomic mass is 10.1. The van der Waals surface area contributed by atoms with E-state index in [0.717, 1.165) is 4.47 Å². The summed E-state index contributed by atoms with van der Waals surface area (Å²) in [6.45, 7) is 0. The molecule has 0 spiro atoms. The number of hydrogen-bond donors (Lipinski definition) is 2. The van der Waals surface area contributed by atoms with Crippen molar-refractivity contribution in [2.45, 2.75) is 0 Å². The average molecular weight is 380 g/mol. The number of carbonyl (C=O) groups is 2. The number of nitrogens with two attached hydrogens (primary N) is 1. The van der Waals surface area contributed by atoms with Gasteiger partial charge in [0.15, 0.2) is 0 Å². The van der Waals surface area contributed by atoms with Gasteiger partial charge in [0.05, 0.1) is 0 Å². The number of nitrogens with one attached hydrogen (secondary N) is 1. The number of amides is 2. The third-order valence-electron chi connectivity index (χ3n) is 2.80. The van der Waals surface area contributed by atoms with E-state index in [-0.39, 0.29) is 5.70 Å². The van der Waals surface area contributed by atoms with Crippen LogP contribution in [0.5, 0.6) is 0 Å². The van der Waals surface area contributed by atoms with E-state index in [1.807, 2.05) is 0 Å². The van der Waals surface area contributed by atoms with Gasteiger partial charge in [-0.25, -0.2) is 0 Å². The van der Waals surface area contributed by atoms with E-state index < -0.39 is 11.8 Å². The molecule has 0 bridgehead atoms. The lowest BCUT2D eigenvalue weighted by molar-refractivity contribution is -0.114. The van der Waals surface area contributed by atoms with Gasteiger partial charge in [-0.15, -0.1) is 0 Å². The van der Waals surface area contributed by atoms with E-state index in [1.165, 1.54) is 6.08 Å². The lowest BCUT2D eigenvalue weighted by Gasteiger charge is -2.07. The van der Waals surface area contributed by atoms with Crippen molar-refractivity contribution in [3.63, 3.8) is 0 Å². The average Bonchev–Trinajstić information content (AvgIpc) is 2.49. The predicted molar refractivity (Wildman–Crippen MR) is 90.2 cm³/mol. The normalized spacial score (nSPS) is 11.1. The van der Waals surface area contributed by atoms with Crippen LogP contribution in [-0.2, 0) is 4.79 Å². The Balaban J connectivity index is 2.21. The van der Waals surface area contributed by atoms with E-state index in [1.54, 1.807) is 48.5 Å².